The van der Waals surface area contributed by atoms with Gasteiger partial charge in [0, 0.05) is 38.6 Å². The van der Waals surface area contributed by atoms with Crippen LogP contribution in [0.1, 0.15) is 10.4 Å². The molecule has 3 aromatic heterocycles. The molecular formula is C18H21N5O2. The van der Waals surface area contributed by atoms with Crippen LogP contribution in [0.4, 0.5) is 0 Å². The Morgan fingerprint density at radius 2 is 2.16 bits per heavy atom. The Morgan fingerprint density at radius 1 is 1.28 bits per heavy atom. The Bertz CT molecular complexity index is 850. The van der Waals surface area contributed by atoms with E-state index in [-0.39, 0.29) is 5.91 Å². The maximum absolute atomic E-state index is 12.7. The molecule has 7 nitrogen and oxygen atoms in total. The zero-order valence-electron chi connectivity index (χ0n) is 13.9. The summed E-state index contributed by atoms with van der Waals surface area (Å²) in [5.74, 6) is -0.0530. The van der Waals surface area contributed by atoms with E-state index >= 15 is 0 Å². The molecule has 2 N–H and O–H groups in total. The summed E-state index contributed by atoms with van der Waals surface area (Å²) in [4.78, 5) is 15.0. The molecule has 25 heavy (non-hydrogen) atoms. The number of rotatable bonds is 5. The summed E-state index contributed by atoms with van der Waals surface area (Å²) in [5, 5.41) is 10.0. The van der Waals surface area contributed by atoms with Gasteiger partial charge in [-0.1, -0.05) is 6.07 Å². The highest BCUT2D eigenvalue weighted by atomic mass is 16.5. The number of ether oxygens (including phenoxy) is 1. The number of hydrogen-bond acceptors (Lipinski definition) is 4. The molecule has 3 aromatic rings. The van der Waals surface area contributed by atoms with Crippen molar-refractivity contribution in [3.8, 4) is 11.4 Å². The molecule has 1 aliphatic rings. The van der Waals surface area contributed by atoms with Crippen molar-refractivity contribution < 1.29 is 9.53 Å². The fourth-order valence-corrected chi connectivity index (χ4v) is 3.19. The lowest BCUT2D eigenvalue weighted by Gasteiger charge is -2.26. The van der Waals surface area contributed by atoms with Crippen LogP contribution in [0.2, 0.25) is 0 Å². The minimum Gasteiger partial charge on any atom is -0.379 e. The second-order valence-electron chi connectivity index (χ2n) is 6.08. The highest BCUT2D eigenvalue weighted by Gasteiger charge is 2.17. The predicted octanol–water partition coefficient (Wildman–Crippen LogP) is 1.39. The number of carbonyl (C=O) groups excluding carboxylic acids is 1. The van der Waals surface area contributed by atoms with Gasteiger partial charge in [0.05, 0.1) is 35.7 Å². The third-order valence-electron chi connectivity index (χ3n) is 4.52. The molecular weight excluding hydrogens is 318 g/mol. The minimum atomic E-state index is -0.0530. The molecule has 4 heterocycles. The van der Waals surface area contributed by atoms with Crippen molar-refractivity contribution in [2.45, 2.75) is 0 Å². The molecule has 7 heteroatoms. The van der Waals surface area contributed by atoms with Crippen molar-refractivity contribution in [1.29, 1.82) is 0 Å². The zero-order valence-corrected chi connectivity index (χ0v) is 13.9. The molecule has 0 atom stereocenters. The summed E-state index contributed by atoms with van der Waals surface area (Å²) in [7, 11) is 0. The molecule has 0 spiro atoms. The number of morpholine rings is 1. The Kier molecular flexibility index (Phi) is 4.49. The van der Waals surface area contributed by atoms with Crippen molar-refractivity contribution in [3.05, 3.63) is 48.3 Å². The third kappa shape index (κ3) is 3.29. The first-order chi connectivity index (χ1) is 12.3. The van der Waals surface area contributed by atoms with Gasteiger partial charge in [-0.05, 0) is 24.3 Å². The number of hydrogen-bond donors (Lipinski definition) is 2. The molecule has 1 amide bonds. The van der Waals surface area contributed by atoms with Gasteiger partial charge in [0.2, 0.25) is 0 Å². The largest absolute Gasteiger partial charge is 0.379 e. The van der Waals surface area contributed by atoms with Crippen LogP contribution in [0.5, 0.6) is 0 Å². The Morgan fingerprint density at radius 3 is 2.96 bits per heavy atom. The zero-order chi connectivity index (χ0) is 17.1. The van der Waals surface area contributed by atoms with Crippen molar-refractivity contribution in [1.82, 2.24) is 24.8 Å². The van der Waals surface area contributed by atoms with Crippen molar-refractivity contribution in [2.75, 3.05) is 39.4 Å². The molecule has 1 fully saturated rings. The van der Waals surface area contributed by atoms with E-state index in [1.165, 1.54) is 0 Å². The van der Waals surface area contributed by atoms with Gasteiger partial charge in [-0.2, -0.15) is 5.10 Å². The Labute approximate surface area is 145 Å². The molecule has 1 saturated heterocycles. The molecule has 0 radical (unpaired) electrons. The third-order valence-corrected chi connectivity index (χ3v) is 4.52. The maximum Gasteiger partial charge on any atom is 0.253 e. The van der Waals surface area contributed by atoms with Crippen molar-refractivity contribution >= 4 is 11.4 Å². The molecule has 0 unspecified atom stereocenters. The lowest BCUT2D eigenvalue weighted by Crippen LogP contribution is -2.41. The van der Waals surface area contributed by atoms with Crippen LogP contribution in [-0.2, 0) is 4.74 Å². The number of nitrogens with zero attached hydrogens (tertiary/aromatic N) is 3. The molecule has 4 rings (SSSR count). The fraction of sp³-hybridized carbons (Fsp3) is 0.333. The van der Waals surface area contributed by atoms with Crippen LogP contribution >= 0.6 is 0 Å². The van der Waals surface area contributed by atoms with E-state index < -0.39 is 0 Å². The van der Waals surface area contributed by atoms with Crippen LogP contribution in [-0.4, -0.2) is 64.8 Å². The van der Waals surface area contributed by atoms with Gasteiger partial charge in [0.15, 0.2) is 0 Å². The van der Waals surface area contributed by atoms with Crippen LogP contribution < -0.4 is 5.32 Å². The molecule has 1 aliphatic heterocycles. The summed E-state index contributed by atoms with van der Waals surface area (Å²) < 4.78 is 7.35. The Hall–Kier alpha value is -2.64. The van der Waals surface area contributed by atoms with Gasteiger partial charge in [-0.15, -0.1) is 0 Å². The number of carbonyl (C=O) groups is 1. The minimum absolute atomic E-state index is 0.0530. The predicted molar refractivity (Wildman–Crippen MR) is 94.6 cm³/mol. The summed E-state index contributed by atoms with van der Waals surface area (Å²) in [6.07, 6.45) is 3.66. The van der Waals surface area contributed by atoms with E-state index in [4.69, 9.17) is 4.74 Å². The number of nitrogens with one attached hydrogen (secondary N) is 2. The monoisotopic (exact) mass is 339 g/mol. The van der Waals surface area contributed by atoms with Crippen LogP contribution in [0, 0.1) is 0 Å². The first-order valence-corrected chi connectivity index (χ1v) is 8.51. The molecule has 0 bridgehead atoms. The van der Waals surface area contributed by atoms with E-state index in [1.807, 2.05) is 40.9 Å². The average Bonchev–Trinajstić information content (AvgIpc) is 3.30. The van der Waals surface area contributed by atoms with E-state index in [9.17, 15) is 4.79 Å². The number of aromatic nitrogens is 3. The summed E-state index contributed by atoms with van der Waals surface area (Å²) >= 11 is 0. The van der Waals surface area contributed by atoms with Gasteiger partial charge in [0.25, 0.3) is 5.91 Å². The fourth-order valence-electron chi connectivity index (χ4n) is 3.19. The second kappa shape index (κ2) is 7.08. The smallest absolute Gasteiger partial charge is 0.253 e. The summed E-state index contributed by atoms with van der Waals surface area (Å²) in [5.41, 5.74) is 3.36. The number of H-pyrrole nitrogens is 1. The summed E-state index contributed by atoms with van der Waals surface area (Å²) in [6.45, 7) is 4.86. The number of pyridine rings is 1. The SMILES string of the molecule is O=C(NCCN1CCOCC1)c1cc(-c2ccn[nH]2)n2ccccc12. The van der Waals surface area contributed by atoms with Crippen LogP contribution in [0.25, 0.3) is 16.9 Å². The first-order valence-electron chi connectivity index (χ1n) is 8.51. The van der Waals surface area contributed by atoms with E-state index in [1.54, 1.807) is 6.20 Å². The number of fused-ring (bicyclic) bond motifs is 1. The van der Waals surface area contributed by atoms with E-state index in [0.717, 1.165) is 49.8 Å². The molecule has 130 valence electrons. The van der Waals surface area contributed by atoms with Gasteiger partial charge in [-0.3, -0.25) is 14.8 Å². The van der Waals surface area contributed by atoms with Gasteiger partial charge < -0.3 is 14.5 Å². The summed E-state index contributed by atoms with van der Waals surface area (Å²) in [6, 6.07) is 9.65. The average molecular weight is 339 g/mol. The highest BCUT2D eigenvalue weighted by Crippen LogP contribution is 2.24. The highest BCUT2D eigenvalue weighted by molar-refractivity contribution is 6.02. The standard InChI is InChI=1S/C18H21N5O2/c24-18(19-6-8-22-9-11-25-12-10-22)14-13-17(15-4-5-20-21-15)23-7-2-1-3-16(14)23/h1-5,7,13H,6,8-12H2,(H,19,24)(H,20,21). The Balaban J connectivity index is 1.51. The van der Waals surface area contributed by atoms with Gasteiger partial charge in [0.1, 0.15) is 0 Å². The maximum atomic E-state index is 12.7. The van der Waals surface area contributed by atoms with Crippen molar-refractivity contribution in [2.24, 2.45) is 0 Å². The topological polar surface area (TPSA) is 74.7 Å². The lowest BCUT2D eigenvalue weighted by atomic mass is 10.2. The van der Waals surface area contributed by atoms with Crippen LogP contribution in [0.15, 0.2) is 42.7 Å². The van der Waals surface area contributed by atoms with E-state index in [0.29, 0.717) is 12.1 Å². The van der Waals surface area contributed by atoms with Crippen LogP contribution in [0.3, 0.4) is 0 Å². The first kappa shape index (κ1) is 15.9. The lowest BCUT2D eigenvalue weighted by molar-refractivity contribution is 0.0383. The van der Waals surface area contributed by atoms with E-state index in [2.05, 4.69) is 20.4 Å². The molecule has 0 aromatic carbocycles. The normalized spacial score (nSPS) is 15.5. The molecule has 0 saturated carbocycles. The van der Waals surface area contributed by atoms with Crippen molar-refractivity contribution in [3.63, 3.8) is 0 Å². The quantitative estimate of drug-likeness (QED) is 0.737. The molecule has 0 aliphatic carbocycles. The van der Waals surface area contributed by atoms with Gasteiger partial charge in [-0.25, -0.2) is 0 Å². The van der Waals surface area contributed by atoms with Gasteiger partial charge >= 0.3 is 0 Å². The number of amides is 1. The second-order valence-corrected chi connectivity index (χ2v) is 6.08. The number of aromatic amines is 1.